The lowest BCUT2D eigenvalue weighted by molar-refractivity contribution is -0.118. The summed E-state index contributed by atoms with van der Waals surface area (Å²) >= 11 is 0. The topological polar surface area (TPSA) is 69.6 Å². The molecule has 0 fully saturated rings. The van der Waals surface area contributed by atoms with Crippen LogP contribution in [-0.2, 0) is 4.79 Å². The van der Waals surface area contributed by atoms with Gasteiger partial charge in [-0.3, -0.25) is 4.79 Å². The minimum Gasteiger partial charge on any atom is -0.427 e. The van der Waals surface area contributed by atoms with Gasteiger partial charge in [0, 0.05) is 17.4 Å². The number of nitrogens with one attached hydrogen (secondary N) is 1. The molecule has 13 heavy (non-hydrogen) atoms. The van der Waals surface area contributed by atoms with Crippen LogP contribution in [0, 0.1) is 0 Å². The lowest BCUT2D eigenvalue weighted by atomic mass is 9.75. The standard InChI is InChI=1S/C8H16BNO3/c1-6(2)7(11)10-8(3,4)5-9(12)13/h12-13H,1,5H2,2-4H3,(H,10,11). The van der Waals surface area contributed by atoms with E-state index in [1.54, 1.807) is 20.8 Å². The zero-order valence-electron chi connectivity index (χ0n) is 8.29. The van der Waals surface area contributed by atoms with Crippen molar-refractivity contribution in [2.24, 2.45) is 0 Å². The van der Waals surface area contributed by atoms with E-state index in [0.717, 1.165) is 0 Å². The number of amides is 1. The predicted octanol–water partition coefficient (Wildman–Crippen LogP) is -0.0699. The highest BCUT2D eigenvalue weighted by molar-refractivity contribution is 6.41. The number of carbonyl (C=O) groups excluding carboxylic acids is 1. The van der Waals surface area contributed by atoms with Crippen LogP contribution in [0.25, 0.3) is 0 Å². The first-order valence-electron chi connectivity index (χ1n) is 4.09. The van der Waals surface area contributed by atoms with Crippen molar-refractivity contribution in [3.05, 3.63) is 12.2 Å². The van der Waals surface area contributed by atoms with Gasteiger partial charge in [-0.25, -0.2) is 0 Å². The Hall–Kier alpha value is -0.805. The van der Waals surface area contributed by atoms with Crippen LogP contribution in [0.1, 0.15) is 20.8 Å². The van der Waals surface area contributed by atoms with Crippen molar-refractivity contribution in [1.29, 1.82) is 0 Å². The van der Waals surface area contributed by atoms with Crippen molar-refractivity contribution < 1.29 is 14.8 Å². The first-order valence-corrected chi connectivity index (χ1v) is 4.09. The van der Waals surface area contributed by atoms with Gasteiger partial charge < -0.3 is 15.4 Å². The van der Waals surface area contributed by atoms with E-state index >= 15 is 0 Å². The molecule has 74 valence electrons. The van der Waals surface area contributed by atoms with Crippen molar-refractivity contribution >= 4 is 13.0 Å². The largest absolute Gasteiger partial charge is 0.453 e. The van der Waals surface area contributed by atoms with E-state index in [4.69, 9.17) is 10.0 Å². The fourth-order valence-electron chi connectivity index (χ4n) is 0.922. The molecule has 3 N–H and O–H groups in total. The average molecular weight is 185 g/mol. The summed E-state index contributed by atoms with van der Waals surface area (Å²) in [6.45, 7) is 8.51. The molecule has 0 aromatic carbocycles. The third-order valence-corrected chi connectivity index (χ3v) is 1.53. The van der Waals surface area contributed by atoms with Crippen molar-refractivity contribution in [3.63, 3.8) is 0 Å². The summed E-state index contributed by atoms with van der Waals surface area (Å²) in [5.74, 6) is -0.273. The van der Waals surface area contributed by atoms with Gasteiger partial charge in [-0.15, -0.1) is 0 Å². The summed E-state index contributed by atoms with van der Waals surface area (Å²) < 4.78 is 0. The minimum atomic E-state index is -1.42. The van der Waals surface area contributed by atoms with E-state index in [2.05, 4.69) is 11.9 Å². The van der Waals surface area contributed by atoms with Gasteiger partial charge >= 0.3 is 7.12 Å². The Labute approximate surface area is 78.8 Å². The van der Waals surface area contributed by atoms with Crippen LogP contribution in [0.2, 0.25) is 6.32 Å². The molecule has 0 radical (unpaired) electrons. The molecule has 5 heteroatoms. The Morgan fingerprint density at radius 3 is 2.31 bits per heavy atom. The van der Waals surface area contributed by atoms with Gasteiger partial charge in [0.05, 0.1) is 0 Å². The second-order valence-corrected chi connectivity index (χ2v) is 3.80. The van der Waals surface area contributed by atoms with E-state index < -0.39 is 12.7 Å². The number of rotatable bonds is 4. The van der Waals surface area contributed by atoms with E-state index in [9.17, 15) is 4.79 Å². The molecule has 0 aromatic rings. The first kappa shape index (κ1) is 12.2. The molecular weight excluding hydrogens is 169 g/mol. The van der Waals surface area contributed by atoms with Gasteiger partial charge in [-0.05, 0) is 20.8 Å². The highest BCUT2D eigenvalue weighted by atomic mass is 16.4. The Morgan fingerprint density at radius 2 is 2.00 bits per heavy atom. The quantitative estimate of drug-likeness (QED) is 0.424. The molecule has 0 aliphatic carbocycles. The summed E-state index contributed by atoms with van der Waals surface area (Å²) in [5, 5.41) is 20.1. The van der Waals surface area contributed by atoms with Gasteiger partial charge in [0.15, 0.2) is 0 Å². The fourth-order valence-corrected chi connectivity index (χ4v) is 0.922. The number of hydrogen-bond acceptors (Lipinski definition) is 3. The lowest BCUT2D eigenvalue weighted by Gasteiger charge is -2.25. The smallest absolute Gasteiger partial charge is 0.427 e. The van der Waals surface area contributed by atoms with Crippen LogP contribution in [0.15, 0.2) is 12.2 Å². The molecule has 1 amide bonds. The Bertz CT molecular complexity index is 213. The predicted molar refractivity (Wildman–Crippen MR) is 52.0 cm³/mol. The molecule has 0 saturated heterocycles. The average Bonchev–Trinajstić information content (AvgIpc) is 1.81. The third kappa shape index (κ3) is 5.44. The second kappa shape index (κ2) is 4.44. The summed E-state index contributed by atoms with van der Waals surface area (Å²) in [7, 11) is -1.42. The zero-order valence-corrected chi connectivity index (χ0v) is 8.29. The van der Waals surface area contributed by atoms with Crippen LogP contribution >= 0.6 is 0 Å². The minimum absolute atomic E-state index is 0.0893. The van der Waals surface area contributed by atoms with Crippen LogP contribution in [0.4, 0.5) is 0 Å². The molecule has 0 aliphatic heterocycles. The zero-order chi connectivity index (χ0) is 10.6. The highest BCUT2D eigenvalue weighted by Gasteiger charge is 2.26. The third-order valence-electron chi connectivity index (χ3n) is 1.53. The molecule has 0 saturated carbocycles. The Kier molecular flexibility index (Phi) is 4.16. The van der Waals surface area contributed by atoms with E-state index in [0.29, 0.717) is 5.57 Å². The molecule has 0 bridgehead atoms. The van der Waals surface area contributed by atoms with E-state index in [1.165, 1.54) is 0 Å². The summed E-state index contributed by atoms with van der Waals surface area (Å²) in [6.07, 6.45) is 0.0893. The van der Waals surface area contributed by atoms with Crippen molar-refractivity contribution in [1.82, 2.24) is 5.32 Å². The maximum atomic E-state index is 11.2. The second-order valence-electron chi connectivity index (χ2n) is 3.80. The maximum absolute atomic E-state index is 11.2. The molecule has 4 nitrogen and oxygen atoms in total. The molecule has 0 spiro atoms. The van der Waals surface area contributed by atoms with Crippen molar-refractivity contribution in [2.75, 3.05) is 0 Å². The highest BCUT2D eigenvalue weighted by Crippen LogP contribution is 2.10. The molecule has 0 aliphatic rings. The first-order chi connectivity index (χ1) is 5.74. The van der Waals surface area contributed by atoms with Crippen molar-refractivity contribution in [2.45, 2.75) is 32.6 Å². The fraction of sp³-hybridized carbons (Fsp3) is 0.625. The molecular formula is C8H16BNO3. The van der Waals surface area contributed by atoms with E-state index in [1.807, 2.05) is 0 Å². The summed E-state index contributed by atoms with van der Waals surface area (Å²) in [5.41, 5.74) is -0.231. The molecule has 0 rings (SSSR count). The van der Waals surface area contributed by atoms with Crippen LogP contribution in [0.3, 0.4) is 0 Å². The van der Waals surface area contributed by atoms with Gasteiger partial charge in [0.2, 0.25) is 5.91 Å². The van der Waals surface area contributed by atoms with Crippen LogP contribution < -0.4 is 5.32 Å². The monoisotopic (exact) mass is 185 g/mol. The van der Waals surface area contributed by atoms with Crippen LogP contribution in [0.5, 0.6) is 0 Å². The maximum Gasteiger partial charge on any atom is 0.453 e. The van der Waals surface area contributed by atoms with Gasteiger partial charge in [0.1, 0.15) is 0 Å². The Balaban J connectivity index is 4.16. The lowest BCUT2D eigenvalue weighted by Crippen LogP contribution is -2.46. The molecule has 0 atom stereocenters. The summed E-state index contributed by atoms with van der Waals surface area (Å²) in [6, 6.07) is 0. The van der Waals surface area contributed by atoms with Crippen LogP contribution in [-0.4, -0.2) is 28.6 Å². The van der Waals surface area contributed by atoms with Gasteiger partial charge in [-0.2, -0.15) is 0 Å². The molecule has 0 heterocycles. The number of carbonyl (C=O) groups is 1. The van der Waals surface area contributed by atoms with E-state index in [-0.39, 0.29) is 12.2 Å². The van der Waals surface area contributed by atoms with Crippen molar-refractivity contribution in [3.8, 4) is 0 Å². The van der Waals surface area contributed by atoms with Gasteiger partial charge in [-0.1, -0.05) is 6.58 Å². The summed E-state index contributed by atoms with van der Waals surface area (Å²) in [4.78, 5) is 11.2. The number of hydrogen-bond donors (Lipinski definition) is 3. The Morgan fingerprint density at radius 1 is 1.54 bits per heavy atom. The SMILES string of the molecule is C=C(C)C(=O)NC(C)(C)CB(O)O. The molecule has 0 aromatic heterocycles. The molecule has 0 unspecified atom stereocenters. The normalized spacial score (nSPS) is 10.8. The van der Waals surface area contributed by atoms with Gasteiger partial charge in [0.25, 0.3) is 0 Å².